The van der Waals surface area contributed by atoms with E-state index in [9.17, 15) is 41.0 Å². The van der Waals surface area contributed by atoms with E-state index in [4.69, 9.17) is 11.6 Å². The largest absolute Gasteiger partial charge is 0.573 e. The minimum absolute atomic E-state index is 0.0331. The number of benzene rings is 2. The number of amides is 2. The lowest BCUT2D eigenvalue weighted by Gasteiger charge is -2.55. The Morgan fingerprint density at radius 1 is 1.02 bits per heavy atom. The lowest BCUT2D eigenvalue weighted by Crippen LogP contribution is -2.55. The van der Waals surface area contributed by atoms with Gasteiger partial charge in [0.05, 0.1) is 10.6 Å². The minimum atomic E-state index is -5.51. The first kappa shape index (κ1) is 33.7. The highest BCUT2D eigenvalue weighted by Crippen LogP contribution is 2.55. The normalized spacial score (nSPS) is 19.6. The van der Waals surface area contributed by atoms with Gasteiger partial charge in [-0.2, -0.15) is 13.2 Å². The van der Waals surface area contributed by atoms with Crippen molar-refractivity contribution in [3.8, 4) is 5.75 Å². The molecule has 7 nitrogen and oxygen atoms in total. The molecule has 1 heterocycles. The van der Waals surface area contributed by atoms with Gasteiger partial charge in [-0.25, -0.2) is 0 Å². The summed E-state index contributed by atoms with van der Waals surface area (Å²) in [6, 6.07) is 8.04. The second kappa shape index (κ2) is 12.3. The van der Waals surface area contributed by atoms with E-state index in [0.29, 0.717) is 36.2 Å². The van der Waals surface area contributed by atoms with Crippen molar-refractivity contribution >= 4 is 29.1 Å². The predicted molar refractivity (Wildman–Crippen MR) is 151 cm³/mol. The topological polar surface area (TPSA) is 73.3 Å². The highest BCUT2D eigenvalue weighted by Gasteiger charge is 2.62. The summed E-state index contributed by atoms with van der Waals surface area (Å²) < 4.78 is 84.0. The summed E-state index contributed by atoms with van der Waals surface area (Å²) in [6.45, 7) is 1.35. The monoisotopic (exact) mass is 649 g/mol. The van der Waals surface area contributed by atoms with E-state index >= 15 is 0 Å². The fourth-order valence-electron chi connectivity index (χ4n) is 6.24. The Kier molecular flexibility index (Phi) is 9.42. The molecule has 1 aliphatic carbocycles. The number of halogens is 7. The van der Waals surface area contributed by atoms with Crippen LogP contribution in [0.25, 0.3) is 0 Å². The second-order valence-corrected chi connectivity index (χ2v) is 12.2. The second-order valence-electron chi connectivity index (χ2n) is 11.7. The van der Waals surface area contributed by atoms with E-state index in [-0.39, 0.29) is 23.8 Å². The highest BCUT2D eigenvalue weighted by atomic mass is 35.5. The van der Waals surface area contributed by atoms with Gasteiger partial charge in [0.25, 0.3) is 17.4 Å². The number of rotatable bonds is 8. The van der Waals surface area contributed by atoms with Crippen LogP contribution >= 0.6 is 11.6 Å². The van der Waals surface area contributed by atoms with E-state index in [1.54, 1.807) is 26.2 Å². The average Bonchev–Trinajstić information content (AvgIpc) is 2.94. The molecule has 2 aromatic carbocycles. The molecule has 1 unspecified atom stereocenters. The van der Waals surface area contributed by atoms with E-state index in [2.05, 4.69) is 9.64 Å². The first-order valence-corrected chi connectivity index (χ1v) is 14.4. The number of piperidine rings is 1. The molecule has 44 heavy (non-hydrogen) atoms. The van der Waals surface area contributed by atoms with Crippen LogP contribution in [0, 0.1) is 11.3 Å². The number of carbonyl (C=O) groups is 2. The third-order valence-corrected chi connectivity index (χ3v) is 9.25. The highest BCUT2D eigenvalue weighted by molar-refractivity contribution is 6.34. The molecule has 2 aliphatic rings. The fourth-order valence-corrected chi connectivity index (χ4v) is 6.50. The number of hydrogen-bond acceptors (Lipinski definition) is 5. The quantitative estimate of drug-likeness (QED) is 0.343. The minimum Gasteiger partial charge on any atom is -0.406 e. The van der Waals surface area contributed by atoms with Gasteiger partial charge in [0, 0.05) is 52.0 Å². The smallest absolute Gasteiger partial charge is 0.406 e. The number of carbonyl (C=O) groups excluding carboxylic acids is 2. The third-order valence-electron chi connectivity index (χ3n) is 8.94. The summed E-state index contributed by atoms with van der Waals surface area (Å²) in [4.78, 5) is 29.8. The van der Waals surface area contributed by atoms with Crippen molar-refractivity contribution in [2.45, 2.75) is 50.2 Å². The summed E-state index contributed by atoms with van der Waals surface area (Å²) in [5.41, 5.74) is -3.88. The van der Waals surface area contributed by atoms with Crippen LogP contribution in [-0.2, 0) is 10.4 Å². The van der Waals surface area contributed by atoms with Crippen LogP contribution in [0.4, 0.5) is 32.0 Å². The molecule has 1 saturated carbocycles. The molecule has 2 amide bonds. The van der Waals surface area contributed by atoms with Crippen molar-refractivity contribution in [2.24, 2.45) is 11.3 Å². The molecule has 0 radical (unpaired) electrons. The van der Waals surface area contributed by atoms with Gasteiger partial charge in [-0.3, -0.25) is 9.59 Å². The molecule has 2 fully saturated rings. The number of anilines is 1. The van der Waals surface area contributed by atoms with Crippen LogP contribution in [0.3, 0.4) is 0 Å². The van der Waals surface area contributed by atoms with Crippen LogP contribution in [0.5, 0.6) is 5.75 Å². The summed E-state index contributed by atoms with van der Waals surface area (Å²) in [6.07, 6.45) is -6.85. The molecule has 1 spiro atoms. The lowest BCUT2D eigenvalue weighted by atomic mass is 9.54. The van der Waals surface area contributed by atoms with Crippen molar-refractivity contribution in [1.29, 1.82) is 0 Å². The predicted octanol–water partition coefficient (Wildman–Crippen LogP) is 6.24. The number of aliphatic hydroxyl groups is 1. The van der Waals surface area contributed by atoms with Gasteiger partial charge in [-0.15, -0.1) is 13.2 Å². The number of alkyl halides is 6. The molecule has 4 rings (SSSR count). The van der Waals surface area contributed by atoms with Crippen molar-refractivity contribution in [3.63, 3.8) is 0 Å². The summed E-state index contributed by atoms with van der Waals surface area (Å²) >= 11 is 6.39. The maximum atomic E-state index is 14.1. The van der Waals surface area contributed by atoms with E-state index < -0.39 is 35.4 Å². The van der Waals surface area contributed by atoms with Crippen LogP contribution in [0.2, 0.25) is 5.02 Å². The fraction of sp³-hybridized carbons (Fsp3) is 0.533. The van der Waals surface area contributed by atoms with Gasteiger partial charge < -0.3 is 24.5 Å². The molecule has 1 N–H and O–H groups in total. The average molecular weight is 650 g/mol. The van der Waals surface area contributed by atoms with Gasteiger partial charge in [0.15, 0.2) is 0 Å². The first-order valence-electron chi connectivity index (χ1n) is 14.0. The first-order chi connectivity index (χ1) is 20.4. The Morgan fingerprint density at radius 2 is 1.68 bits per heavy atom. The van der Waals surface area contributed by atoms with E-state index in [1.165, 1.54) is 4.90 Å². The van der Waals surface area contributed by atoms with Gasteiger partial charge in [-0.1, -0.05) is 23.7 Å². The van der Waals surface area contributed by atoms with Crippen molar-refractivity contribution in [2.75, 3.05) is 45.7 Å². The molecular weight excluding hydrogens is 616 g/mol. The van der Waals surface area contributed by atoms with E-state index in [0.717, 1.165) is 61.5 Å². The Balaban J connectivity index is 1.39. The molecule has 1 saturated heterocycles. The Hall–Kier alpha value is -3.19. The SMILES string of the molecule is CN(C)C(=O)c1ccc(N2CCC3(CCC3CCN(C)C(=O)[C@](O)(c3cccc(OC(F)(F)F)c3)C(F)(F)F)CC2)cc1Cl. The van der Waals surface area contributed by atoms with Gasteiger partial charge in [-0.05, 0) is 73.8 Å². The Bertz CT molecular complexity index is 1380. The molecule has 0 aromatic heterocycles. The number of likely N-dealkylation sites (N-methyl/N-ethyl adjacent to an activating group) is 1. The summed E-state index contributed by atoms with van der Waals surface area (Å²) in [5, 5.41) is 11.1. The Labute approximate surface area is 256 Å². The molecule has 242 valence electrons. The Morgan fingerprint density at radius 3 is 2.20 bits per heavy atom. The zero-order valence-corrected chi connectivity index (χ0v) is 25.2. The molecule has 0 bridgehead atoms. The van der Waals surface area contributed by atoms with Gasteiger partial charge in [0.1, 0.15) is 5.75 Å². The van der Waals surface area contributed by atoms with Crippen LogP contribution < -0.4 is 9.64 Å². The van der Waals surface area contributed by atoms with Crippen LogP contribution in [-0.4, -0.2) is 80.0 Å². The summed E-state index contributed by atoms with van der Waals surface area (Å²) in [5.74, 6) is -2.73. The van der Waals surface area contributed by atoms with Gasteiger partial charge >= 0.3 is 12.5 Å². The van der Waals surface area contributed by atoms with E-state index in [1.807, 2.05) is 6.07 Å². The number of nitrogens with zero attached hydrogens (tertiary/aromatic N) is 3. The maximum absolute atomic E-state index is 14.1. The van der Waals surface area contributed by atoms with Crippen molar-refractivity contribution < 1.29 is 45.8 Å². The molecule has 14 heteroatoms. The molecule has 2 atom stereocenters. The zero-order valence-electron chi connectivity index (χ0n) is 24.4. The van der Waals surface area contributed by atoms with Crippen LogP contribution in [0.1, 0.15) is 48.0 Å². The lowest BCUT2D eigenvalue weighted by molar-refractivity contribution is -0.274. The number of hydrogen-bond donors (Lipinski definition) is 1. The maximum Gasteiger partial charge on any atom is 0.573 e. The van der Waals surface area contributed by atoms with Crippen molar-refractivity contribution in [1.82, 2.24) is 9.80 Å². The summed E-state index contributed by atoms with van der Waals surface area (Å²) in [7, 11) is 4.43. The van der Waals surface area contributed by atoms with Crippen molar-refractivity contribution in [3.05, 3.63) is 58.6 Å². The molecule has 1 aliphatic heterocycles. The van der Waals surface area contributed by atoms with Crippen LogP contribution in [0.15, 0.2) is 42.5 Å². The molecule has 2 aromatic rings. The third kappa shape index (κ3) is 6.73. The number of ether oxygens (including phenoxy) is 1. The van der Waals surface area contributed by atoms with Gasteiger partial charge in [0.2, 0.25) is 0 Å². The zero-order chi connectivity index (χ0) is 32.7. The standard InChI is InChI=1S/C30H34ClF6N3O4/c1-38(2)25(41)23-8-7-21(18-24(23)31)40-15-12-27(13-16-40)11-9-19(27)10-14-39(3)26(42)28(43,29(32,33)34)20-5-4-6-22(17-20)44-30(35,36)37/h4-8,17-19,43H,9-16H2,1-3H3/t19?,28-/m1/s1. The molecular formula is C30H34ClF6N3O4.